The molecular formula is C33H41Cl2N5O2S. The molecule has 5 rings (SSSR count). The van der Waals surface area contributed by atoms with Gasteiger partial charge in [0.1, 0.15) is 17.0 Å². The molecule has 3 atom stereocenters. The van der Waals surface area contributed by atoms with Crippen LogP contribution in [0.3, 0.4) is 0 Å². The van der Waals surface area contributed by atoms with E-state index in [1.54, 1.807) is 4.90 Å². The van der Waals surface area contributed by atoms with Gasteiger partial charge in [0.2, 0.25) is 5.91 Å². The van der Waals surface area contributed by atoms with Gasteiger partial charge < -0.3 is 19.6 Å². The van der Waals surface area contributed by atoms with Crippen molar-refractivity contribution in [3.63, 3.8) is 0 Å². The standard InChI is InChI=1S/C33H41Cl2N5O2S/c1-20(2)28-29(31(42)39(21(3)4)19-27(41)38-17-16-37(7)22(5)18-38)43-32-36-33(6,24-10-14-26(35)15-11-24)30(40(28)32)23-8-12-25(34)13-9-23/h8-15,20-22,30H,16-19H2,1-7H3/t22-,30-,33+/m1/s1. The molecule has 2 aromatic carbocycles. The largest absolute Gasteiger partial charge is 0.338 e. The number of nitrogens with zero attached hydrogens (tertiary/aromatic N) is 5. The van der Waals surface area contributed by atoms with Crippen molar-refractivity contribution < 1.29 is 9.59 Å². The first-order valence-corrected chi connectivity index (χ1v) is 16.5. The fraction of sp³-hybridized carbons (Fsp3) is 0.485. The number of benzene rings is 2. The number of aliphatic imine (C=N–C) groups is 1. The maximum absolute atomic E-state index is 14.4. The van der Waals surface area contributed by atoms with E-state index >= 15 is 0 Å². The molecule has 0 saturated carbocycles. The van der Waals surface area contributed by atoms with Crippen molar-refractivity contribution in [2.24, 2.45) is 10.9 Å². The lowest BCUT2D eigenvalue weighted by molar-refractivity contribution is -0.141. The van der Waals surface area contributed by atoms with Crippen molar-refractivity contribution in [2.45, 2.75) is 65.2 Å². The zero-order chi connectivity index (χ0) is 31.2. The summed E-state index contributed by atoms with van der Waals surface area (Å²) >= 11 is 14.0. The quantitative estimate of drug-likeness (QED) is 0.339. The van der Waals surface area contributed by atoms with Crippen LogP contribution in [0.2, 0.25) is 10.0 Å². The second kappa shape index (κ2) is 12.5. The zero-order valence-corrected chi connectivity index (χ0v) is 28.3. The molecule has 0 aromatic heterocycles. The summed E-state index contributed by atoms with van der Waals surface area (Å²) in [6.07, 6.45) is 0. The number of thioether (sulfide) groups is 1. The summed E-state index contributed by atoms with van der Waals surface area (Å²) in [5, 5.41) is 2.11. The van der Waals surface area contributed by atoms with Crippen molar-refractivity contribution >= 4 is 51.9 Å². The Hall–Kier alpha value is -2.52. The van der Waals surface area contributed by atoms with Crippen LogP contribution in [0.25, 0.3) is 0 Å². The molecule has 230 valence electrons. The highest BCUT2D eigenvalue weighted by Gasteiger charge is 2.53. The molecule has 1 saturated heterocycles. The van der Waals surface area contributed by atoms with Gasteiger partial charge in [0.05, 0.1) is 6.04 Å². The van der Waals surface area contributed by atoms with E-state index in [0.29, 0.717) is 28.0 Å². The van der Waals surface area contributed by atoms with E-state index in [0.717, 1.165) is 28.5 Å². The van der Waals surface area contributed by atoms with E-state index in [1.807, 2.05) is 67.3 Å². The Labute approximate surface area is 269 Å². The first-order chi connectivity index (χ1) is 20.3. The number of hydrogen-bond donors (Lipinski definition) is 0. The molecule has 10 heteroatoms. The van der Waals surface area contributed by atoms with Crippen LogP contribution in [0.15, 0.2) is 64.1 Å². The van der Waals surface area contributed by atoms with Gasteiger partial charge in [0.15, 0.2) is 5.17 Å². The number of carbonyl (C=O) groups excluding carboxylic acids is 2. The zero-order valence-electron chi connectivity index (χ0n) is 26.0. The number of allylic oxidation sites excluding steroid dienone is 1. The van der Waals surface area contributed by atoms with Gasteiger partial charge in [-0.2, -0.15) is 0 Å². The number of piperazine rings is 1. The monoisotopic (exact) mass is 641 g/mol. The third-order valence-electron chi connectivity index (χ3n) is 8.87. The van der Waals surface area contributed by atoms with Gasteiger partial charge in [-0.05, 0) is 87.8 Å². The van der Waals surface area contributed by atoms with Crippen LogP contribution in [0.4, 0.5) is 0 Å². The first kappa shape index (κ1) is 31.9. The average Bonchev–Trinajstić information content (AvgIpc) is 3.46. The Bertz CT molecular complexity index is 1440. The molecular weight excluding hydrogens is 601 g/mol. The van der Waals surface area contributed by atoms with E-state index in [9.17, 15) is 9.59 Å². The van der Waals surface area contributed by atoms with Gasteiger partial charge in [-0.3, -0.25) is 9.59 Å². The number of rotatable bonds is 7. The molecule has 1 fully saturated rings. The van der Waals surface area contributed by atoms with Crippen LogP contribution in [0.1, 0.15) is 58.7 Å². The summed E-state index contributed by atoms with van der Waals surface area (Å²) in [6, 6.07) is 15.6. The molecule has 3 aliphatic heterocycles. The van der Waals surface area contributed by atoms with Crippen LogP contribution < -0.4 is 0 Å². The predicted octanol–water partition coefficient (Wildman–Crippen LogP) is 6.64. The number of amidine groups is 1. The molecule has 2 amide bonds. The van der Waals surface area contributed by atoms with Gasteiger partial charge in [-0.1, -0.05) is 61.3 Å². The summed E-state index contributed by atoms with van der Waals surface area (Å²) in [7, 11) is 2.08. The highest BCUT2D eigenvalue weighted by Crippen LogP contribution is 2.56. The van der Waals surface area contributed by atoms with Gasteiger partial charge >= 0.3 is 0 Å². The van der Waals surface area contributed by atoms with Gasteiger partial charge in [-0.25, -0.2) is 4.99 Å². The maximum Gasteiger partial charge on any atom is 0.263 e. The number of amides is 2. The Morgan fingerprint density at radius 3 is 2.19 bits per heavy atom. The van der Waals surface area contributed by atoms with E-state index in [2.05, 4.69) is 44.5 Å². The van der Waals surface area contributed by atoms with Crippen LogP contribution in [-0.2, 0) is 15.1 Å². The van der Waals surface area contributed by atoms with Crippen molar-refractivity contribution in [1.29, 1.82) is 0 Å². The van der Waals surface area contributed by atoms with Crippen LogP contribution in [0, 0.1) is 5.92 Å². The molecule has 0 unspecified atom stereocenters. The van der Waals surface area contributed by atoms with Crippen molar-refractivity contribution in [2.75, 3.05) is 33.2 Å². The lowest BCUT2D eigenvalue weighted by atomic mass is 9.81. The number of likely N-dealkylation sites (N-methyl/N-ethyl adjacent to an activating group) is 1. The molecule has 3 heterocycles. The Balaban J connectivity index is 1.52. The van der Waals surface area contributed by atoms with Gasteiger partial charge in [-0.15, -0.1) is 0 Å². The molecule has 0 radical (unpaired) electrons. The Morgan fingerprint density at radius 2 is 1.63 bits per heavy atom. The van der Waals surface area contributed by atoms with E-state index in [-0.39, 0.29) is 42.4 Å². The minimum absolute atomic E-state index is 0.0103. The minimum atomic E-state index is -0.638. The SMILES string of the molecule is CC(C)C1=C(C(=O)N(CC(=O)N2CCN(C)[C@H](C)C2)C(C)C)SC2=N[C@@](C)(c3ccc(Cl)cc3)[C@@H](c3ccc(Cl)cc3)N21. The Kier molecular flexibility index (Phi) is 9.25. The van der Waals surface area contributed by atoms with E-state index in [4.69, 9.17) is 28.2 Å². The molecule has 0 bridgehead atoms. The maximum atomic E-state index is 14.4. The third kappa shape index (κ3) is 6.08. The van der Waals surface area contributed by atoms with Crippen LogP contribution in [0.5, 0.6) is 0 Å². The lowest BCUT2D eigenvalue weighted by Crippen LogP contribution is -2.55. The summed E-state index contributed by atoms with van der Waals surface area (Å²) in [5.74, 6) is -0.104. The molecule has 0 aliphatic carbocycles. The fourth-order valence-corrected chi connectivity index (χ4v) is 7.82. The molecule has 2 aromatic rings. The number of fused-ring (bicyclic) bond motifs is 1. The predicted molar refractivity (Wildman–Crippen MR) is 177 cm³/mol. The smallest absolute Gasteiger partial charge is 0.263 e. The fourth-order valence-electron chi connectivity index (χ4n) is 6.20. The average molecular weight is 643 g/mol. The topological polar surface area (TPSA) is 59.5 Å². The van der Waals surface area contributed by atoms with Crippen LogP contribution in [-0.4, -0.2) is 81.9 Å². The van der Waals surface area contributed by atoms with Crippen molar-refractivity contribution in [1.82, 2.24) is 19.6 Å². The van der Waals surface area contributed by atoms with Gasteiger partial charge in [0.25, 0.3) is 5.91 Å². The van der Waals surface area contributed by atoms with Crippen molar-refractivity contribution in [3.8, 4) is 0 Å². The molecule has 0 spiro atoms. The number of carbonyl (C=O) groups is 2. The first-order valence-electron chi connectivity index (χ1n) is 14.9. The number of hydrogen-bond acceptors (Lipinski definition) is 6. The normalized spacial score (nSPS) is 24.2. The summed E-state index contributed by atoms with van der Waals surface area (Å²) in [6.45, 7) is 14.6. The minimum Gasteiger partial charge on any atom is -0.338 e. The third-order valence-corrected chi connectivity index (χ3v) is 10.4. The molecule has 0 N–H and O–H groups in total. The highest BCUT2D eigenvalue weighted by molar-refractivity contribution is 8.18. The molecule has 7 nitrogen and oxygen atoms in total. The highest BCUT2D eigenvalue weighted by atomic mass is 35.5. The van der Waals surface area contributed by atoms with Gasteiger partial charge in [0, 0.05) is 47.5 Å². The van der Waals surface area contributed by atoms with Crippen LogP contribution >= 0.6 is 35.0 Å². The summed E-state index contributed by atoms with van der Waals surface area (Å²) < 4.78 is 0. The second-order valence-electron chi connectivity index (χ2n) is 12.5. The van der Waals surface area contributed by atoms with E-state index < -0.39 is 5.54 Å². The molecule has 3 aliphatic rings. The second-order valence-corrected chi connectivity index (χ2v) is 14.4. The lowest BCUT2D eigenvalue weighted by Gasteiger charge is -2.39. The Morgan fingerprint density at radius 1 is 1.02 bits per heavy atom. The summed E-state index contributed by atoms with van der Waals surface area (Å²) in [5.41, 5.74) is 2.37. The summed E-state index contributed by atoms with van der Waals surface area (Å²) in [4.78, 5) is 41.9. The number of halogens is 2. The molecule has 43 heavy (non-hydrogen) atoms. The van der Waals surface area contributed by atoms with E-state index in [1.165, 1.54) is 11.8 Å². The van der Waals surface area contributed by atoms with Crippen molar-refractivity contribution in [3.05, 3.63) is 80.3 Å².